The number of aliphatic carboxylic acids is 1. The number of carboxylic acids is 1. The molecule has 1 aliphatic heterocycles. The largest absolute Gasteiger partial charge is 0.480 e. The third-order valence-electron chi connectivity index (χ3n) is 3.81. The Labute approximate surface area is 131 Å². The van der Waals surface area contributed by atoms with Crippen LogP contribution in [-0.4, -0.2) is 45.6 Å². The lowest BCUT2D eigenvalue weighted by molar-refractivity contribution is -0.141. The Kier molecular flexibility index (Phi) is 3.82. The van der Waals surface area contributed by atoms with E-state index in [9.17, 15) is 19.5 Å². The molecule has 2 N–H and O–H groups in total. The fraction of sp³-hybridized carbons (Fsp3) is 0.400. The standard InChI is InChI=1S/C15H16N2O4S/c1-8(15(20)21)17(10-3-4-10)14(19)9-2-5-12-11(6-9)16-13(18)7-22-12/h2,5-6,8,10H,3-4,7H2,1H3,(H,16,18)(H,20,21). The first kappa shape index (κ1) is 14.9. The van der Waals surface area contributed by atoms with E-state index >= 15 is 0 Å². The Morgan fingerprint density at radius 3 is 2.77 bits per heavy atom. The van der Waals surface area contributed by atoms with Gasteiger partial charge in [-0.05, 0) is 38.0 Å². The number of thioether (sulfide) groups is 1. The molecular weight excluding hydrogens is 304 g/mol. The SMILES string of the molecule is CC(C(=O)O)N(C(=O)c1ccc2c(c1)NC(=O)CS2)C1CC1. The fourth-order valence-corrected chi connectivity index (χ4v) is 3.28. The number of anilines is 1. The molecule has 6 nitrogen and oxygen atoms in total. The van der Waals surface area contributed by atoms with Crippen LogP contribution in [-0.2, 0) is 9.59 Å². The number of benzene rings is 1. The van der Waals surface area contributed by atoms with Crippen LogP contribution in [0.1, 0.15) is 30.1 Å². The van der Waals surface area contributed by atoms with Crippen LogP contribution in [0.15, 0.2) is 23.1 Å². The van der Waals surface area contributed by atoms with Crippen LogP contribution in [0.4, 0.5) is 5.69 Å². The van der Waals surface area contributed by atoms with Crippen LogP contribution in [0, 0.1) is 0 Å². The summed E-state index contributed by atoms with van der Waals surface area (Å²) in [4.78, 5) is 37.7. The summed E-state index contributed by atoms with van der Waals surface area (Å²) >= 11 is 1.42. The molecule has 1 unspecified atom stereocenters. The van der Waals surface area contributed by atoms with Crippen LogP contribution >= 0.6 is 11.8 Å². The smallest absolute Gasteiger partial charge is 0.326 e. The van der Waals surface area contributed by atoms with Gasteiger partial charge in [-0.2, -0.15) is 0 Å². The van der Waals surface area contributed by atoms with Gasteiger partial charge >= 0.3 is 5.97 Å². The van der Waals surface area contributed by atoms with Crippen LogP contribution in [0.25, 0.3) is 0 Å². The van der Waals surface area contributed by atoms with Gasteiger partial charge in [-0.25, -0.2) is 4.79 Å². The molecule has 22 heavy (non-hydrogen) atoms. The maximum absolute atomic E-state index is 12.7. The zero-order valence-electron chi connectivity index (χ0n) is 12.0. The van der Waals surface area contributed by atoms with E-state index in [0.717, 1.165) is 17.7 Å². The number of amides is 2. The molecule has 1 aromatic carbocycles. The molecule has 7 heteroatoms. The lowest BCUT2D eigenvalue weighted by Crippen LogP contribution is -2.44. The number of fused-ring (bicyclic) bond motifs is 1. The van der Waals surface area contributed by atoms with Gasteiger partial charge in [0.25, 0.3) is 5.91 Å². The molecule has 1 heterocycles. The fourth-order valence-electron chi connectivity index (χ4n) is 2.49. The molecule has 116 valence electrons. The first-order valence-electron chi connectivity index (χ1n) is 7.09. The van der Waals surface area contributed by atoms with Crippen molar-refractivity contribution < 1.29 is 19.5 Å². The molecule has 1 fully saturated rings. The first-order chi connectivity index (χ1) is 10.5. The van der Waals surface area contributed by atoms with Gasteiger partial charge in [0.05, 0.1) is 11.4 Å². The molecule has 1 atom stereocenters. The van der Waals surface area contributed by atoms with Gasteiger partial charge in [0.15, 0.2) is 0 Å². The number of carboxylic acid groups (broad SMARTS) is 1. The monoisotopic (exact) mass is 320 g/mol. The van der Waals surface area contributed by atoms with E-state index in [2.05, 4.69) is 5.32 Å². The van der Waals surface area contributed by atoms with Gasteiger partial charge in [0.1, 0.15) is 6.04 Å². The van der Waals surface area contributed by atoms with Gasteiger partial charge < -0.3 is 15.3 Å². The van der Waals surface area contributed by atoms with Crippen LogP contribution in [0.5, 0.6) is 0 Å². The van der Waals surface area contributed by atoms with Crippen molar-refractivity contribution in [3.63, 3.8) is 0 Å². The van der Waals surface area contributed by atoms with Crippen molar-refractivity contribution in [3.8, 4) is 0 Å². The zero-order valence-corrected chi connectivity index (χ0v) is 12.9. The molecule has 0 spiro atoms. The van der Waals surface area contributed by atoms with Gasteiger partial charge in [-0.1, -0.05) is 0 Å². The Balaban J connectivity index is 1.89. The van der Waals surface area contributed by atoms with Crippen molar-refractivity contribution in [2.75, 3.05) is 11.1 Å². The van der Waals surface area contributed by atoms with Crippen molar-refractivity contribution in [1.82, 2.24) is 4.90 Å². The van der Waals surface area contributed by atoms with Crippen molar-refractivity contribution in [2.24, 2.45) is 0 Å². The Bertz CT molecular complexity index is 657. The van der Waals surface area contributed by atoms with Gasteiger partial charge in [-0.15, -0.1) is 11.8 Å². The second-order valence-corrected chi connectivity index (χ2v) is 6.52. The van der Waals surface area contributed by atoms with Crippen molar-refractivity contribution in [3.05, 3.63) is 23.8 Å². The summed E-state index contributed by atoms with van der Waals surface area (Å²) in [6.45, 7) is 1.52. The Morgan fingerprint density at radius 1 is 1.41 bits per heavy atom. The molecular formula is C15H16N2O4S. The van der Waals surface area contributed by atoms with E-state index in [-0.39, 0.29) is 17.9 Å². The highest BCUT2D eigenvalue weighted by Gasteiger charge is 2.39. The third-order valence-corrected chi connectivity index (χ3v) is 4.88. The molecule has 0 aromatic heterocycles. The quantitative estimate of drug-likeness (QED) is 0.883. The highest BCUT2D eigenvalue weighted by atomic mass is 32.2. The highest BCUT2D eigenvalue weighted by Crippen LogP contribution is 2.34. The minimum absolute atomic E-state index is 0.00130. The summed E-state index contributed by atoms with van der Waals surface area (Å²) in [7, 11) is 0. The molecule has 3 rings (SSSR count). The van der Waals surface area contributed by atoms with E-state index in [1.54, 1.807) is 18.2 Å². The predicted molar refractivity (Wildman–Crippen MR) is 82.1 cm³/mol. The summed E-state index contributed by atoms with van der Waals surface area (Å²) in [5.41, 5.74) is 1.02. The van der Waals surface area contributed by atoms with Gasteiger partial charge in [0.2, 0.25) is 5.91 Å². The van der Waals surface area contributed by atoms with Crippen LogP contribution in [0.3, 0.4) is 0 Å². The van der Waals surface area contributed by atoms with E-state index in [1.807, 2.05) is 0 Å². The molecule has 1 aliphatic carbocycles. The molecule has 0 bridgehead atoms. The summed E-state index contributed by atoms with van der Waals surface area (Å²) in [5, 5.41) is 11.9. The molecule has 2 amide bonds. The second-order valence-electron chi connectivity index (χ2n) is 5.51. The van der Waals surface area contributed by atoms with E-state index < -0.39 is 12.0 Å². The van der Waals surface area contributed by atoms with E-state index in [4.69, 9.17) is 0 Å². The number of nitrogens with one attached hydrogen (secondary N) is 1. The Hall–Kier alpha value is -2.02. The number of hydrogen-bond donors (Lipinski definition) is 2. The first-order valence-corrected chi connectivity index (χ1v) is 8.08. The highest BCUT2D eigenvalue weighted by molar-refractivity contribution is 8.00. The molecule has 1 saturated carbocycles. The average molecular weight is 320 g/mol. The number of hydrogen-bond acceptors (Lipinski definition) is 4. The molecule has 2 aliphatic rings. The number of carbonyl (C=O) groups is 3. The summed E-state index contributed by atoms with van der Waals surface area (Å²) in [5.74, 6) is -1.04. The van der Waals surface area contributed by atoms with Crippen molar-refractivity contribution in [2.45, 2.75) is 36.7 Å². The summed E-state index contributed by atoms with van der Waals surface area (Å²) < 4.78 is 0. The maximum Gasteiger partial charge on any atom is 0.326 e. The van der Waals surface area contributed by atoms with E-state index in [0.29, 0.717) is 17.0 Å². The molecule has 0 saturated heterocycles. The number of carbonyl (C=O) groups excluding carboxylic acids is 2. The van der Waals surface area contributed by atoms with Gasteiger partial charge in [-0.3, -0.25) is 9.59 Å². The average Bonchev–Trinajstić information content (AvgIpc) is 3.31. The van der Waals surface area contributed by atoms with Crippen molar-refractivity contribution >= 4 is 35.2 Å². The normalized spacial score (nSPS) is 18.1. The zero-order chi connectivity index (χ0) is 15.9. The topological polar surface area (TPSA) is 86.7 Å². The lowest BCUT2D eigenvalue weighted by atomic mass is 10.1. The lowest BCUT2D eigenvalue weighted by Gasteiger charge is -2.27. The summed E-state index contributed by atoms with van der Waals surface area (Å²) in [6.07, 6.45) is 1.67. The van der Waals surface area contributed by atoms with Crippen LogP contribution in [0.2, 0.25) is 0 Å². The molecule has 1 aromatic rings. The minimum Gasteiger partial charge on any atom is -0.480 e. The number of rotatable bonds is 4. The minimum atomic E-state index is -1.01. The van der Waals surface area contributed by atoms with Crippen LogP contribution < -0.4 is 5.32 Å². The van der Waals surface area contributed by atoms with E-state index in [1.165, 1.54) is 23.6 Å². The second kappa shape index (κ2) is 5.64. The predicted octanol–water partition coefficient (Wildman–Crippen LogP) is 1.81. The third kappa shape index (κ3) is 2.81. The van der Waals surface area contributed by atoms with Gasteiger partial charge in [0, 0.05) is 16.5 Å². The maximum atomic E-state index is 12.7. The Morgan fingerprint density at radius 2 is 2.14 bits per heavy atom. The summed E-state index contributed by atoms with van der Waals surface area (Å²) in [6, 6.07) is 4.25. The van der Waals surface area contributed by atoms with Crippen molar-refractivity contribution in [1.29, 1.82) is 0 Å². The molecule has 0 radical (unpaired) electrons. The number of nitrogens with zero attached hydrogens (tertiary/aromatic N) is 1.